The number of anilines is 1. The number of nitrogens with two attached hydrogens (primary N) is 1. The molecular weight excluding hydrogens is 320 g/mol. The fourth-order valence-electron chi connectivity index (χ4n) is 1.63. The van der Waals surface area contributed by atoms with E-state index in [9.17, 15) is 18.4 Å². The molecule has 0 aromatic heterocycles. The summed E-state index contributed by atoms with van der Waals surface area (Å²) in [6.45, 7) is 0. The van der Waals surface area contributed by atoms with Crippen molar-refractivity contribution >= 4 is 46.2 Å². The predicted octanol–water partition coefficient (Wildman–Crippen LogP) is 2.29. The molecule has 2 rings (SSSR count). The zero-order chi connectivity index (χ0) is 15.4. The third-order valence-electron chi connectivity index (χ3n) is 2.49. The standard InChI is InChI=1S/C12H11F2N3O2S2/c13-11(14)20-7-3-1-6(2-4-7)16-9(18)5-8-10(19)17-12(15)21-8/h1-4,8,11H,5H2,(H,16,18)(H2,15,17,19)/t8-/m1/s1. The first-order valence-electron chi connectivity index (χ1n) is 5.83. The van der Waals surface area contributed by atoms with Crippen LogP contribution in [0.15, 0.2) is 34.2 Å². The van der Waals surface area contributed by atoms with Crippen molar-refractivity contribution in [3.05, 3.63) is 24.3 Å². The number of amides is 2. The molecule has 0 radical (unpaired) electrons. The SMILES string of the molecule is NC1=NC(=O)[C@@H](CC(=O)Nc2ccc(SC(F)F)cc2)S1. The average molecular weight is 331 g/mol. The van der Waals surface area contributed by atoms with Gasteiger partial charge in [-0.3, -0.25) is 9.59 Å². The fraction of sp³-hybridized carbons (Fsp3) is 0.250. The molecule has 1 aliphatic rings. The Balaban J connectivity index is 1.87. The molecule has 0 saturated heterocycles. The normalized spacial score (nSPS) is 18.0. The molecule has 1 aromatic rings. The summed E-state index contributed by atoms with van der Waals surface area (Å²) in [5, 5.41) is 2.15. The maximum atomic E-state index is 12.2. The average Bonchev–Trinajstić information content (AvgIpc) is 2.69. The van der Waals surface area contributed by atoms with Gasteiger partial charge < -0.3 is 11.1 Å². The summed E-state index contributed by atoms with van der Waals surface area (Å²) in [5.41, 5.74) is 5.87. The Morgan fingerprint density at radius 2 is 2.10 bits per heavy atom. The van der Waals surface area contributed by atoms with E-state index in [4.69, 9.17) is 5.73 Å². The molecule has 1 aromatic carbocycles. The lowest BCUT2D eigenvalue weighted by molar-refractivity contribution is -0.121. The number of amidine groups is 1. The van der Waals surface area contributed by atoms with Gasteiger partial charge >= 0.3 is 0 Å². The molecule has 1 atom stereocenters. The number of hydrogen-bond donors (Lipinski definition) is 2. The lowest BCUT2D eigenvalue weighted by Crippen LogP contribution is -2.21. The van der Waals surface area contributed by atoms with E-state index in [1.54, 1.807) is 0 Å². The van der Waals surface area contributed by atoms with Crippen LogP contribution in [0, 0.1) is 0 Å². The molecule has 1 aliphatic heterocycles. The second-order valence-corrected chi connectivity index (χ2v) is 6.34. The number of carbonyl (C=O) groups is 2. The van der Waals surface area contributed by atoms with Gasteiger partial charge in [0.25, 0.3) is 11.7 Å². The van der Waals surface area contributed by atoms with Crippen LogP contribution in [0.25, 0.3) is 0 Å². The molecule has 0 fully saturated rings. The quantitative estimate of drug-likeness (QED) is 0.809. The molecule has 3 N–H and O–H groups in total. The smallest absolute Gasteiger partial charge is 0.288 e. The number of carbonyl (C=O) groups excluding carboxylic acids is 2. The first-order valence-corrected chi connectivity index (χ1v) is 7.59. The Morgan fingerprint density at radius 3 is 2.62 bits per heavy atom. The Hall–Kier alpha value is -1.61. The van der Waals surface area contributed by atoms with Crippen molar-refractivity contribution in [1.82, 2.24) is 0 Å². The van der Waals surface area contributed by atoms with Crippen LogP contribution in [0.1, 0.15) is 6.42 Å². The Kier molecular flexibility index (Phi) is 5.18. The van der Waals surface area contributed by atoms with Crippen molar-refractivity contribution in [3.8, 4) is 0 Å². The van der Waals surface area contributed by atoms with Gasteiger partial charge in [0.1, 0.15) is 5.25 Å². The van der Waals surface area contributed by atoms with E-state index in [1.165, 1.54) is 24.3 Å². The lowest BCUT2D eigenvalue weighted by atomic mass is 10.2. The summed E-state index contributed by atoms with van der Waals surface area (Å²) in [6, 6.07) is 6.03. The van der Waals surface area contributed by atoms with Gasteiger partial charge in [0.15, 0.2) is 5.17 Å². The van der Waals surface area contributed by atoms with Crippen LogP contribution in [0.4, 0.5) is 14.5 Å². The monoisotopic (exact) mass is 331 g/mol. The zero-order valence-electron chi connectivity index (χ0n) is 10.6. The maximum absolute atomic E-state index is 12.2. The number of rotatable bonds is 5. The number of aliphatic imine (C=N–C) groups is 1. The van der Waals surface area contributed by atoms with Crippen molar-refractivity contribution < 1.29 is 18.4 Å². The molecule has 0 saturated carbocycles. The molecule has 1 heterocycles. The number of thioether (sulfide) groups is 2. The topological polar surface area (TPSA) is 84.5 Å². The van der Waals surface area contributed by atoms with Crippen molar-refractivity contribution in [2.45, 2.75) is 22.3 Å². The highest BCUT2D eigenvalue weighted by molar-refractivity contribution is 8.15. The number of hydrogen-bond acceptors (Lipinski definition) is 5. The Bertz CT molecular complexity index is 578. The number of nitrogens with one attached hydrogen (secondary N) is 1. The highest BCUT2D eigenvalue weighted by atomic mass is 32.2. The molecule has 112 valence electrons. The summed E-state index contributed by atoms with van der Waals surface area (Å²) in [7, 11) is 0. The summed E-state index contributed by atoms with van der Waals surface area (Å²) in [6.07, 6.45) is -0.0404. The Morgan fingerprint density at radius 1 is 1.43 bits per heavy atom. The first kappa shape index (κ1) is 15.8. The predicted molar refractivity (Wildman–Crippen MR) is 79.6 cm³/mol. The van der Waals surface area contributed by atoms with E-state index in [1.807, 2.05) is 0 Å². The van der Waals surface area contributed by atoms with Crippen LogP contribution >= 0.6 is 23.5 Å². The molecule has 5 nitrogen and oxygen atoms in total. The molecule has 2 amide bonds. The second kappa shape index (κ2) is 6.90. The van der Waals surface area contributed by atoms with Crippen LogP contribution in [0.3, 0.4) is 0 Å². The summed E-state index contributed by atoms with van der Waals surface area (Å²) < 4.78 is 24.3. The molecular formula is C12H11F2N3O2S2. The van der Waals surface area contributed by atoms with Crippen LogP contribution < -0.4 is 11.1 Å². The van der Waals surface area contributed by atoms with Gasteiger partial charge in [0.05, 0.1) is 0 Å². The second-order valence-electron chi connectivity index (χ2n) is 4.05. The summed E-state index contributed by atoms with van der Waals surface area (Å²) >= 11 is 1.48. The first-order chi connectivity index (χ1) is 9.94. The van der Waals surface area contributed by atoms with Crippen molar-refractivity contribution in [1.29, 1.82) is 0 Å². The third-order valence-corrected chi connectivity index (χ3v) is 4.20. The van der Waals surface area contributed by atoms with E-state index >= 15 is 0 Å². The van der Waals surface area contributed by atoms with E-state index in [0.717, 1.165) is 11.8 Å². The van der Waals surface area contributed by atoms with E-state index in [2.05, 4.69) is 10.3 Å². The largest absolute Gasteiger partial charge is 0.378 e. The summed E-state index contributed by atoms with van der Waals surface area (Å²) in [5.74, 6) is -3.27. The minimum absolute atomic E-state index is 0.0404. The van der Waals surface area contributed by atoms with Gasteiger partial charge in [-0.05, 0) is 24.3 Å². The number of nitrogens with zero attached hydrogens (tertiary/aromatic N) is 1. The van der Waals surface area contributed by atoms with E-state index < -0.39 is 16.9 Å². The minimum Gasteiger partial charge on any atom is -0.378 e. The molecule has 0 aliphatic carbocycles. The van der Waals surface area contributed by atoms with Crippen LogP contribution in [-0.4, -0.2) is 28.0 Å². The fourth-order valence-corrected chi connectivity index (χ4v) is 2.95. The molecule has 0 spiro atoms. The third kappa shape index (κ3) is 4.71. The minimum atomic E-state index is -2.48. The van der Waals surface area contributed by atoms with Crippen molar-refractivity contribution in [2.75, 3.05) is 5.32 Å². The van der Waals surface area contributed by atoms with Gasteiger partial charge in [-0.15, -0.1) is 0 Å². The Labute approximate surface area is 127 Å². The molecule has 9 heteroatoms. The molecule has 21 heavy (non-hydrogen) atoms. The van der Waals surface area contributed by atoms with Crippen LogP contribution in [0.2, 0.25) is 0 Å². The van der Waals surface area contributed by atoms with Gasteiger partial charge in [-0.1, -0.05) is 23.5 Å². The number of benzene rings is 1. The highest BCUT2D eigenvalue weighted by Gasteiger charge is 2.29. The number of alkyl halides is 2. The van der Waals surface area contributed by atoms with Crippen LogP contribution in [-0.2, 0) is 9.59 Å². The summed E-state index contributed by atoms with van der Waals surface area (Å²) in [4.78, 5) is 27.1. The van der Waals surface area contributed by atoms with Crippen LogP contribution in [0.5, 0.6) is 0 Å². The molecule has 0 unspecified atom stereocenters. The van der Waals surface area contributed by atoms with E-state index in [0.29, 0.717) is 22.3 Å². The highest BCUT2D eigenvalue weighted by Crippen LogP contribution is 2.27. The number of halogens is 2. The van der Waals surface area contributed by atoms with E-state index in [-0.39, 0.29) is 17.5 Å². The lowest BCUT2D eigenvalue weighted by Gasteiger charge is -2.08. The van der Waals surface area contributed by atoms with Crippen molar-refractivity contribution in [3.63, 3.8) is 0 Å². The van der Waals surface area contributed by atoms with Gasteiger partial charge in [-0.25, -0.2) is 0 Å². The van der Waals surface area contributed by atoms with Crippen molar-refractivity contribution in [2.24, 2.45) is 10.7 Å². The molecule has 0 bridgehead atoms. The maximum Gasteiger partial charge on any atom is 0.288 e. The zero-order valence-corrected chi connectivity index (χ0v) is 12.2. The van der Waals surface area contributed by atoms with Gasteiger partial charge in [0.2, 0.25) is 5.91 Å². The van der Waals surface area contributed by atoms with Gasteiger partial charge in [-0.2, -0.15) is 13.8 Å². The van der Waals surface area contributed by atoms with Gasteiger partial charge in [0, 0.05) is 17.0 Å².